The second-order valence-corrected chi connectivity index (χ2v) is 8.26. The van der Waals surface area contributed by atoms with Crippen LogP contribution in [-0.2, 0) is 25.7 Å². The van der Waals surface area contributed by atoms with E-state index in [9.17, 15) is 14.9 Å². The van der Waals surface area contributed by atoms with Crippen LogP contribution in [0.3, 0.4) is 0 Å². The molecule has 3 atom stereocenters. The van der Waals surface area contributed by atoms with E-state index in [4.69, 9.17) is 9.47 Å². The zero-order chi connectivity index (χ0) is 21.4. The van der Waals surface area contributed by atoms with Crippen molar-refractivity contribution in [3.05, 3.63) is 35.9 Å². The van der Waals surface area contributed by atoms with Crippen LogP contribution in [0.2, 0.25) is 0 Å². The van der Waals surface area contributed by atoms with Gasteiger partial charge in [-0.2, -0.15) is 5.26 Å². The minimum Gasteiger partial charge on any atom is -0.378 e. The molecule has 3 rings (SSSR count). The quantitative estimate of drug-likeness (QED) is 0.694. The molecular formula is C23H31N3O4. The lowest BCUT2D eigenvalue weighted by molar-refractivity contribution is -0.151. The van der Waals surface area contributed by atoms with Crippen molar-refractivity contribution in [3.63, 3.8) is 0 Å². The van der Waals surface area contributed by atoms with E-state index in [1.807, 2.05) is 35.2 Å². The summed E-state index contributed by atoms with van der Waals surface area (Å²) in [6.45, 7) is 4.26. The first-order valence-corrected chi connectivity index (χ1v) is 10.8. The van der Waals surface area contributed by atoms with Gasteiger partial charge in [0.1, 0.15) is 0 Å². The van der Waals surface area contributed by atoms with E-state index in [1.165, 1.54) is 0 Å². The number of nitrogens with zero attached hydrogens (tertiary/aromatic N) is 2. The first-order chi connectivity index (χ1) is 14.5. The van der Waals surface area contributed by atoms with Gasteiger partial charge in [-0.1, -0.05) is 43.2 Å². The lowest BCUT2D eigenvalue weighted by Crippen LogP contribution is -2.54. The van der Waals surface area contributed by atoms with Gasteiger partial charge in [0, 0.05) is 24.9 Å². The molecule has 1 N–H and O–H groups in total. The summed E-state index contributed by atoms with van der Waals surface area (Å²) in [4.78, 5) is 28.1. The Labute approximate surface area is 178 Å². The summed E-state index contributed by atoms with van der Waals surface area (Å²) >= 11 is 0. The number of hydrogen-bond donors (Lipinski definition) is 1. The predicted octanol–water partition coefficient (Wildman–Crippen LogP) is 2.61. The largest absolute Gasteiger partial charge is 0.378 e. The molecule has 1 heterocycles. The number of hydrogen-bond acceptors (Lipinski definition) is 5. The smallest absolute Gasteiger partial charge is 0.226 e. The van der Waals surface area contributed by atoms with Crippen LogP contribution >= 0.6 is 0 Å². The molecule has 1 aliphatic carbocycles. The van der Waals surface area contributed by atoms with Crippen molar-refractivity contribution in [3.8, 4) is 6.07 Å². The van der Waals surface area contributed by atoms with Crippen molar-refractivity contribution >= 4 is 11.8 Å². The summed E-state index contributed by atoms with van der Waals surface area (Å²) in [7, 11) is 0. The van der Waals surface area contributed by atoms with Gasteiger partial charge >= 0.3 is 0 Å². The van der Waals surface area contributed by atoms with E-state index in [0.29, 0.717) is 45.8 Å². The van der Waals surface area contributed by atoms with E-state index in [-0.39, 0.29) is 24.2 Å². The average Bonchev–Trinajstić information content (AvgIpc) is 2.79. The van der Waals surface area contributed by atoms with Gasteiger partial charge in [0.2, 0.25) is 11.8 Å². The van der Waals surface area contributed by atoms with Crippen LogP contribution < -0.4 is 5.32 Å². The van der Waals surface area contributed by atoms with Crippen LogP contribution in [0, 0.1) is 23.2 Å². The third kappa shape index (κ3) is 5.80. The molecule has 7 heteroatoms. The number of morpholine rings is 1. The highest BCUT2D eigenvalue weighted by molar-refractivity contribution is 5.88. The maximum absolute atomic E-state index is 13.2. The second-order valence-electron chi connectivity index (χ2n) is 8.26. The molecule has 1 saturated heterocycles. The fourth-order valence-corrected chi connectivity index (χ4v) is 4.21. The summed E-state index contributed by atoms with van der Waals surface area (Å²) < 4.78 is 11.3. The van der Waals surface area contributed by atoms with Gasteiger partial charge in [-0.3, -0.25) is 9.59 Å². The van der Waals surface area contributed by atoms with Crippen LogP contribution in [0.4, 0.5) is 0 Å². The van der Waals surface area contributed by atoms with Crippen molar-refractivity contribution in [1.29, 1.82) is 5.26 Å². The van der Waals surface area contributed by atoms with Crippen LogP contribution in [0.15, 0.2) is 30.3 Å². The molecule has 0 radical (unpaired) electrons. The molecule has 0 bridgehead atoms. The van der Waals surface area contributed by atoms with Crippen LogP contribution in [-0.4, -0.2) is 48.7 Å². The molecule has 30 heavy (non-hydrogen) atoms. The molecular weight excluding hydrogens is 382 g/mol. The highest BCUT2D eigenvalue weighted by Crippen LogP contribution is 2.33. The SMILES string of the molecule is CC(CC#N)(NC(=O)C1CCCCC1C(=O)N1CCOCC1)OCc1ccccc1. The highest BCUT2D eigenvalue weighted by Gasteiger charge is 2.40. The van der Waals surface area contributed by atoms with Crippen molar-refractivity contribution in [1.82, 2.24) is 10.2 Å². The molecule has 1 saturated carbocycles. The third-order valence-corrected chi connectivity index (χ3v) is 5.95. The highest BCUT2D eigenvalue weighted by atomic mass is 16.5. The van der Waals surface area contributed by atoms with E-state index in [2.05, 4.69) is 11.4 Å². The Morgan fingerprint density at radius 3 is 2.53 bits per heavy atom. The van der Waals surface area contributed by atoms with Crippen LogP contribution in [0.25, 0.3) is 0 Å². The van der Waals surface area contributed by atoms with Gasteiger partial charge < -0.3 is 19.7 Å². The molecule has 2 aliphatic rings. The summed E-state index contributed by atoms with van der Waals surface area (Å²) in [5.74, 6) is -0.873. The van der Waals surface area contributed by atoms with E-state index in [1.54, 1.807) is 6.92 Å². The third-order valence-electron chi connectivity index (χ3n) is 5.95. The normalized spacial score (nSPS) is 23.8. The molecule has 162 valence electrons. The van der Waals surface area contributed by atoms with Gasteiger partial charge in [-0.05, 0) is 25.3 Å². The number of ether oxygens (including phenoxy) is 2. The maximum atomic E-state index is 13.2. The number of carbonyl (C=O) groups excluding carboxylic acids is 2. The van der Waals surface area contributed by atoms with Gasteiger partial charge in [0.05, 0.1) is 32.3 Å². The van der Waals surface area contributed by atoms with Crippen molar-refractivity contribution in [2.24, 2.45) is 11.8 Å². The minimum absolute atomic E-state index is 0.0281. The zero-order valence-corrected chi connectivity index (χ0v) is 17.6. The second kappa shape index (κ2) is 10.6. The Hall–Kier alpha value is -2.43. The monoisotopic (exact) mass is 413 g/mol. The fraction of sp³-hybridized carbons (Fsp3) is 0.609. The van der Waals surface area contributed by atoms with E-state index >= 15 is 0 Å². The number of nitrogens with one attached hydrogen (secondary N) is 1. The summed E-state index contributed by atoms with van der Waals surface area (Å²) in [5.41, 5.74) is -0.139. The van der Waals surface area contributed by atoms with Crippen LogP contribution in [0.1, 0.15) is 44.6 Å². The molecule has 2 fully saturated rings. The number of nitriles is 1. The standard InChI is InChI=1S/C23H31N3O4/c1-23(11-12-24,30-17-18-7-3-2-4-8-18)25-21(27)19-9-5-6-10-20(19)22(28)26-13-15-29-16-14-26/h2-4,7-8,19-20H,5-6,9-11,13-17H2,1H3,(H,25,27). The van der Waals surface area contributed by atoms with E-state index < -0.39 is 11.6 Å². The molecule has 1 aromatic carbocycles. The molecule has 2 amide bonds. The van der Waals surface area contributed by atoms with Gasteiger partial charge in [0.25, 0.3) is 0 Å². The van der Waals surface area contributed by atoms with Gasteiger partial charge in [-0.15, -0.1) is 0 Å². The number of amides is 2. The van der Waals surface area contributed by atoms with Crippen molar-refractivity contribution < 1.29 is 19.1 Å². The fourth-order valence-electron chi connectivity index (χ4n) is 4.21. The molecule has 1 aromatic rings. The Morgan fingerprint density at radius 2 is 1.87 bits per heavy atom. The Morgan fingerprint density at radius 1 is 1.20 bits per heavy atom. The lowest BCUT2D eigenvalue weighted by atomic mass is 9.77. The Balaban J connectivity index is 1.66. The van der Waals surface area contributed by atoms with Crippen molar-refractivity contribution in [2.45, 2.75) is 51.4 Å². The average molecular weight is 414 g/mol. The molecule has 7 nitrogen and oxygen atoms in total. The molecule has 1 aliphatic heterocycles. The zero-order valence-electron chi connectivity index (χ0n) is 17.6. The number of carbonyl (C=O) groups is 2. The van der Waals surface area contributed by atoms with Crippen molar-refractivity contribution in [2.75, 3.05) is 26.3 Å². The maximum Gasteiger partial charge on any atom is 0.226 e. The molecule has 0 spiro atoms. The summed E-state index contributed by atoms with van der Waals surface area (Å²) in [5, 5.41) is 12.2. The lowest BCUT2D eigenvalue weighted by Gasteiger charge is -2.37. The number of rotatable bonds is 7. The van der Waals surface area contributed by atoms with Gasteiger partial charge in [0.15, 0.2) is 5.72 Å². The topological polar surface area (TPSA) is 91.7 Å². The minimum atomic E-state index is -1.11. The summed E-state index contributed by atoms with van der Waals surface area (Å²) in [6.07, 6.45) is 3.29. The summed E-state index contributed by atoms with van der Waals surface area (Å²) in [6, 6.07) is 11.7. The van der Waals surface area contributed by atoms with E-state index in [0.717, 1.165) is 18.4 Å². The molecule has 3 unspecified atom stereocenters. The van der Waals surface area contributed by atoms with Crippen LogP contribution in [0.5, 0.6) is 0 Å². The van der Waals surface area contributed by atoms with Gasteiger partial charge in [-0.25, -0.2) is 0 Å². The predicted molar refractivity (Wildman–Crippen MR) is 111 cm³/mol. The Kier molecular flexibility index (Phi) is 7.83. The first-order valence-electron chi connectivity index (χ1n) is 10.8. The first kappa shape index (κ1) is 22.3. The molecule has 0 aromatic heterocycles. The Bertz CT molecular complexity index is 757. The number of benzene rings is 1.